The summed E-state index contributed by atoms with van der Waals surface area (Å²) in [4.78, 5) is 14.0. The van der Waals surface area contributed by atoms with E-state index >= 15 is 0 Å². The second kappa shape index (κ2) is 6.70. The molecule has 1 unspecified atom stereocenters. The van der Waals surface area contributed by atoms with Gasteiger partial charge in [0, 0.05) is 42.7 Å². The van der Waals surface area contributed by atoms with Gasteiger partial charge in [-0.25, -0.2) is 0 Å². The van der Waals surface area contributed by atoms with Crippen molar-refractivity contribution in [2.45, 2.75) is 12.6 Å². The van der Waals surface area contributed by atoms with Gasteiger partial charge in [0.05, 0.1) is 0 Å². The maximum absolute atomic E-state index is 11.9. The van der Waals surface area contributed by atoms with Gasteiger partial charge in [0.2, 0.25) is 5.91 Å². The summed E-state index contributed by atoms with van der Waals surface area (Å²) in [5.74, 6) is 0.0401. The zero-order valence-electron chi connectivity index (χ0n) is 10.7. The van der Waals surface area contributed by atoms with Crippen molar-refractivity contribution in [3.05, 3.63) is 33.3 Å². The summed E-state index contributed by atoms with van der Waals surface area (Å²) in [5.41, 5.74) is 1.03. The molecule has 1 fully saturated rings. The van der Waals surface area contributed by atoms with Crippen LogP contribution in [0.5, 0.6) is 0 Å². The van der Waals surface area contributed by atoms with E-state index in [1.165, 1.54) is 0 Å². The first kappa shape index (κ1) is 14.8. The summed E-state index contributed by atoms with van der Waals surface area (Å²) in [7, 11) is 1.67. The van der Waals surface area contributed by atoms with Crippen molar-refractivity contribution in [3.63, 3.8) is 0 Å². The van der Waals surface area contributed by atoms with Crippen molar-refractivity contribution in [3.8, 4) is 0 Å². The van der Waals surface area contributed by atoms with Gasteiger partial charge in [0.1, 0.15) is 6.04 Å². The molecular weight excluding hydrogens is 330 g/mol. The fourth-order valence-electron chi connectivity index (χ4n) is 2.24. The number of carbonyl (C=O) groups is 1. The Morgan fingerprint density at radius 1 is 1.63 bits per heavy atom. The predicted octanol–water partition coefficient (Wildman–Crippen LogP) is 1.62. The van der Waals surface area contributed by atoms with E-state index < -0.39 is 0 Å². The summed E-state index contributed by atoms with van der Waals surface area (Å²) in [6.45, 7) is 3.07. The van der Waals surface area contributed by atoms with Crippen LogP contribution in [0.25, 0.3) is 0 Å². The molecule has 4 nitrogen and oxygen atoms in total. The monoisotopic (exact) mass is 345 g/mol. The zero-order valence-corrected chi connectivity index (χ0v) is 13.1. The van der Waals surface area contributed by atoms with Crippen LogP contribution in [0, 0.1) is 0 Å². The Kier molecular flexibility index (Phi) is 5.21. The van der Waals surface area contributed by atoms with Gasteiger partial charge >= 0.3 is 0 Å². The lowest BCUT2D eigenvalue weighted by Gasteiger charge is -2.35. The molecule has 0 saturated carbocycles. The van der Waals surface area contributed by atoms with Gasteiger partial charge in [-0.3, -0.25) is 9.69 Å². The van der Waals surface area contributed by atoms with Gasteiger partial charge in [-0.1, -0.05) is 27.5 Å². The molecule has 0 aromatic heterocycles. The number of hydrogen-bond acceptors (Lipinski definition) is 3. The van der Waals surface area contributed by atoms with Crippen molar-refractivity contribution in [1.82, 2.24) is 15.5 Å². The van der Waals surface area contributed by atoms with E-state index in [0.29, 0.717) is 13.1 Å². The molecule has 0 bridgehead atoms. The van der Waals surface area contributed by atoms with Crippen molar-refractivity contribution in [2.24, 2.45) is 0 Å². The number of nitrogens with one attached hydrogen (secondary N) is 2. The number of rotatable bonds is 3. The summed E-state index contributed by atoms with van der Waals surface area (Å²) in [5, 5.41) is 6.69. The Labute approximate surface area is 126 Å². The normalized spacial score (nSPS) is 20.3. The molecule has 1 atom stereocenters. The number of amides is 1. The third-order valence-electron chi connectivity index (χ3n) is 3.28. The minimum atomic E-state index is -0.145. The smallest absolute Gasteiger partial charge is 0.238 e. The third-order valence-corrected chi connectivity index (χ3v) is 4.15. The molecule has 1 aliphatic rings. The van der Waals surface area contributed by atoms with Crippen LogP contribution in [0.4, 0.5) is 0 Å². The second-order valence-corrected chi connectivity index (χ2v) is 5.86. The number of benzene rings is 1. The molecule has 1 saturated heterocycles. The van der Waals surface area contributed by atoms with Crippen LogP contribution >= 0.6 is 27.5 Å². The van der Waals surface area contributed by atoms with Crippen molar-refractivity contribution >= 4 is 33.4 Å². The summed E-state index contributed by atoms with van der Waals surface area (Å²) in [6, 6.07) is 5.65. The van der Waals surface area contributed by atoms with Crippen LogP contribution in [0.1, 0.15) is 5.56 Å². The van der Waals surface area contributed by atoms with Crippen LogP contribution < -0.4 is 10.6 Å². The molecule has 1 heterocycles. The SMILES string of the molecule is CNC(=O)C1CNCCN1Cc1cc(Br)ccc1Cl. The molecule has 6 heteroatoms. The quantitative estimate of drug-likeness (QED) is 0.874. The van der Waals surface area contributed by atoms with Crippen molar-refractivity contribution < 1.29 is 4.79 Å². The number of hydrogen-bond donors (Lipinski definition) is 2. The highest BCUT2D eigenvalue weighted by atomic mass is 79.9. The lowest BCUT2D eigenvalue weighted by molar-refractivity contribution is -0.126. The van der Waals surface area contributed by atoms with Gasteiger partial charge < -0.3 is 10.6 Å². The van der Waals surface area contributed by atoms with Crippen molar-refractivity contribution in [2.75, 3.05) is 26.7 Å². The van der Waals surface area contributed by atoms with Gasteiger partial charge in [-0.2, -0.15) is 0 Å². The van der Waals surface area contributed by atoms with E-state index in [4.69, 9.17) is 11.6 Å². The average Bonchev–Trinajstić information content (AvgIpc) is 2.42. The van der Waals surface area contributed by atoms with Crippen LogP contribution in [0.3, 0.4) is 0 Å². The van der Waals surface area contributed by atoms with Crippen LogP contribution in [-0.2, 0) is 11.3 Å². The fraction of sp³-hybridized carbons (Fsp3) is 0.462. The molecule has 2 rings (SSSR count). The zero-order chi connectivity index (χ0) is 13.8. The minimum absolute atomic E-state index is 0.0401. The Morgan fingerprint density at radius 3 is 3.16 bits per heavy atom. The lowest BCUT2D eigenvalue weighted by Crippen LogP contribution is -2.56. The Balaban J connectivity index is 2.15. The largest absolute Gasteiger partial charge is 0.358 e. The fourth-order valence-corrected chi connectivity index (χ4v) is 2.83. The molecule has 104 valence electrons. The Bertz CT molecular complexity index is 469. The number of carbonyl (C=O) groups excluding carboxylic acids is 1. The van der Waals surface area contributed by atoms with E-state index in [0.717, 1.165) is 28.1 Å². The second-order valence-electron chi connectivity index (χ2n) is 4.54. The third kappa shape index (κ3) is 3.69. The standard InChI is InChI=1S/C13H17BrClN3O/c1-16-13(19)12-7-17-4-5-18(12)8-9-6-10(14)2-3-11(9)15/h2-3,6,12,17H,4-5,7-8H2,1H3,(H,16,19). The summed E-state index contributed by atoms with van der Waals surface area (Å²) >= 11 is 9.66. The van der Waals surface area contributed by atoms with E-state index in [-0.39, 0.29) is 11.9 Å². The molecule has 1 amide bonds. The topological polar surface area (TPSA) is 44.4 Å². The van der Waals surface area contributed by atoms with E-state index in [1.54, 1.807) is 7.05 Å². The molecule has 0 radical (unpaired) electrons. The van der Waals surface area contributed by atoms with Gasteiger partial charge in [0.25, 0.3) is 0 Å². The van der Waals surface area contributed by atoms with Crippen molar-refractivity contribution in [1.29, 1.82) is 0 Å². The highest BCUT2D eigenvalue weighted by Crippen LogP contribution is 2.23. The number of likely N-dealkylation sites (N-methyl/N-ethyl adjacent to an activating group) is 1. The Hall–Kier alpha value is -0.620. The maximum atomic E-state index is 11.9. The first-order chi connectivity index (χ1) is 9.11. The van der Waals surface area contributed by atoms with Gasteiger partial charge in [-0.15, -0.1) is 0 Å². The average molecular weight is 347 g/mol. The van der Waals surface area contributed by atoms with E-state index in [2.05, 4.69) is 31.5 Å². The number of piperazine rings is 1. The minimum Gasteiger partial charge on any atom is -0.358 e. The van der Waals surface area contributed by atoms with Crippen LogP contribution in [0.2, 0.25) is 5.02 Å². The summed E-state index contributed by atoms with van der Waals surface area (Å²) < 4.78 is 0.999. The maximum Gasteiger partial charge on any atom is 0.238 e. The first-order valence-corrected chi connectivity index (χ1v) is 7.39. The van der Waals surface area contributed by atoms with E-state index in [1.807, 2.05) is 18.2 Å². The van der Waals surface area contributed by atoms with Gasteiger partial charge in [0.15, 0.2) is 0 Å². The molecule has 1 aromatic rings. The van der Waals surface area contributed by atoms with Crippen LogP contribution in [-0.4, -0.2) is 43.5 Å². The molecule has 0 aliphatic carbocycles. The highest BCUT2D eigenvalue weighted by Gasteiger charge is 2.28. The Morgan fingerprint density at radius 2 is 2.42 bits per heavy atom. The lowest BCUT2D eigenvalue weighted by atomic mass is 10.1. The molecular formula is C13H17BrClN3O. The number of halogens is 2. The van der Waals surface area contributed by atoms with Gasteiger partial charge in [-0.05, 0) is 23.8 Å². The first-order valence-electron chi connectivity index (χ1n) is 6.22. The van der Waals surface area contributed by atoms with Crippen LogP contribution in [0.15, 0.2) is 22.7 Å². The molecule has 1 aromatic carbocycles. The van der Waals surface area contributed by atoms with E-state index in [9.17, 15) is 4.79 Å². The molecule has 2 N–H and O–H groups in total. The predicted molar refractivity (Wildman–Crippen MR) is 80.3 cm³/mol. The summed E-state index contributed by atoms with van der Waals surface area (Å²) in [6.07, 6.45) is 0. The number of nitrogens with zero attached hydrogens (tertiary/aromatic N) is 1. The molecule has 0 spiro atoms. The molecule has 1 aliphatic heterocycles. The molecule has 19 heavy (non-hydrogen) atoms. The highest BCUT2D eigenvalue weighted by molar-refractivity contribution is 9.10.